The summed E-state index contributed by atoms with van der Waals surface area (Å²) in [6.45, 7) is 0. The number of hydrogen-bond donors (Lipinski definition) is 2. The van der Waals surface area contributed by atoms with Gasteiger partial charge < -0.3 is 19.5 Å². The number of carbonyl (C=O) groups is 2. The van der Waals surface area contributed by atoms with Crippen LogP contribution >= 0.6 is 0 Å². The molecule has 1 aromatic heterocycles. The number of rotatable bonds is 6. The van der Waals surface area contributed by atoms with E-state index in [1.165, 1.54) is 7.11 Å². The minimum atomic E-state index is -0.499. The highest BCUT2D eigenvalue weighted by Crippen LogP contribution is 2.41. The molecule has 0 unspecified atom stereocenters. The van der Waals surface area contributed by atoms with E-state index in [9.17, 15) is 9.59 Å². The Labute approximate surface area is 199 Å². The van der Waals surface area contributed by atoms with E-state index in [-0.39, 0.29) is 5.91 Å². The first-order valence-corrected chi connectivity index (χ1v) is 10.5. The zero-order valence-electron chi connectivity index (χ0n) is 18.7. The van der Waals surface area contributed by atoms with Gasteiger partial charge in [-0.25, -0.2) is 4.79 Å². The summed E-state index contributed by atoms with van der Waals surface area (Å²) in [7, 11) is 3.08. The average Bonchev–Trinajstić information content (AvgIpc) is 3.52. The number of H-pyrrole nitrogens is 1. The van der Waals surface area contributed by atoms with Crippen molar-refractivity contribution in [3.05, 3.63) is 77.4 Å². The minimum Gasteiger partial charge on any atom is -0.493 e. The van der Waals surface area contributed by atoms with Crippen LogP contribution in [0.5, 0.6) is 17.2 Å². The predicted molar refractivity (Wildman–Crippen MR) is 127 cm³/mol. The van der Waals surface area contributed by atoms with Gasteiger partial charge in [0.25, 0.3) is 5.91 Å². The van der Waals surface area contributed by atoms with Crippen LogP contribution in [0.3, 0.4) is 0 Å². The van der Waals surface area contributed by atoms with Gasteiger partial charge in [0.1, 0.15) is 5.75 Å². The molecule has 10 nitrogen and oxygen atoms in total. The number of aromatic nitrogens is 4. The van der Waals surface area contributed by atoms with Crippen LogP contribution in [-0.4, -0.2) is 46.7 Å². The molecule has 0 saturated carbocycles. The van der Waals surface area contributed by atoms with Crippen molar-refractivity contribution >= 4 is 29.2 Å². The molecule has 0 aliphatic carbocycles. The SMILES string of the molecule is COc1cc2c(cc1OC)C(=Cc1ccc(OC(=O)c3ccc(-c4nn[nH]n4)cc3)cc1)C(=O)N2. The van der Waals surface area contributed by atoms with Gasteiger partial charge in [-0.15, -0.1) is 10.2 Å². The smallest absolute Gasteiger partial charge is 0.343 e. The van der Waals surface area contributed by atoms with Gasteiger partial charge in [-0.3, -0.25) is 4.79 Å². The Morgan fingerprint density at radius 1 is 0.943 bits per heavy atom. The van der Waals surface area contributed by atoms with E-state index in [0.717, 1.165) is 11.1 Å². The van der Waals surface area contributed by atoms with Gasteiger partial charge in [0.05, 0.1) is 25.5 Å². The standard InChI is InChI=1S/C25H19N5O5/c1-33-21-12-18-19(24(31)26-20(18)13-22(21)34-2)11-14-3-9-17(10-4-14)35-25(32)16-7-5-15(6-8-16)23-27-29-30-28-23/h3-13H,1-2H3,(H,26,31)(H,27,28,29,30). The van der Waals surface area contributed by atoms with Crippen LogP contribution in [0, 0.1) is 0 Å². The average molecular weight is 469 g/mol. The fourth-order valence-corrected chi connectivity index (χ4v) is 3.66. The monoisotopic (exact) mass is 469 g/mol. The van der Waals surface area contributed by atoms with Crippen LogP contribution in [0.4, 0.5) is 5.69 Å². The topological polar surface area (TPSA) is 128 Å². The molecule has 35 heavy (non-hydrogen) atoms. The van der Waals surface area contributed by atoms with Crippen LogP contribution in [0.15, 0.2) is 60.7 Å². The van der Waals surface area contributed by atoms with Crippen LogP contribution in [0.2, 0.25) is 0 Å². The summed E-state index contributed by atoms with van der Waals surface area (Å²) in [5.74, 6) is 1.15. The van der Waals surface area contributed by atoms with E-state index in [4.69, 9.17) is 14.2 Å². The number of carbonyl (C=O) groups excluding carboxylic acids is 2. The highest BCUT2D eigenvalue weighted by atomic mass is 16.5. The summed E-state index contributed by atoms with van der Waals surface area (Å²) in [6, 6.07) is 17.0. The molecule has 2 N–H and O–H groups in total. The zero-order valence-corrected chi connectivity index (χ0v) is 18.7. The summed E-state index contributed by atoms with van der Waals surface area (Å²) in [5.41, 5.74) is 3.73. The van der Waals surface area contributed by atoms with Crippen molar-refractivity contribution in [3.63, 3.8) is 0 Å². The Balaban J connectivity index is 1.32. The number of fused-ring (bicyclic) bond motifs is 1. The molecule has 0 bridgehead atoms. The number of esters is 1. The van der Waals surface area contributed by atoms with Gasteiger partial charge in [0, 0.05) is 22.8 Å². The lowest BCUT2D eigenvalue weighted by atomic mass is 10.0. The van der Waals surface area contributed by atoms with Crippen LogP contribution in [0.1, 0.15) is 21.5 Å². The first-order valence-electron chi connectivity index (χ1n) is 10.5. The van der Waals surface area contributed by atoms with Gasteiger partial charge in [-0.05, 0) is 47.2 Å². The molecular weight excluding hydrogens is 450 g/mol. The van der Waals surface area contributed by atoms with Crippen molar-refractivity contribution in [1.29, 1.82) is 0 Å². The first-order chi connectivity index (χ1) is 17.1. The molecule has 1 aliphatic rings. The molecule has 2 heterocycles. The number of hydrogen-bond acceptors (Lipinski definition) is 8. The van der Waals surface area contributed by atoms with Gasteiger partial charge in [0.15, 0.2) is 11.5 Å². The molecule has 5 rings (SSSR count). The number of benzene rings is 3. The van der Waals surface area contributed by atoms with E-state index in [1.54, 1.807) is 73.8 Å². The van der Waals surface area contributed by atoms with Crippen molar-refractivity contribution in [2.24, 2.45) is 0 Å². The summed E-state index contributed by atoms with van der Waals surface area (Å²) >= 11 is 0. The van der Waals surface area contributed by atoms with Crippen LogP contribution < -0.4 is 19.5 Å². The molecule has 4 aromatic rings. The fraction of sp³-hybridized carbons (Fsp3) is 0.0800. The van der Waals surface area contributed by atoms with Crippen molar-refractivity contribution in [1.82, 2.24) is 20.6 Å². The molecule has 1 amide bonds. The third-order valence-electron chi connectivity index (χ3n) is 5.43. The Hall–Kier alpha value is -4.99. The molecule has 0 radical (unpaired) electrons. The number of nitrogens with one attached hydrogen (secondary N) is 2. The van der Waals surface area contributed by atoms with E-state index >= 15 is 0 Å². The first kappa shape index (κ1) is 21.8. The Kier molecular flexibility index (Phi) is 5.68. The number of amides is 1. The van der Waals surface area contributed by atoms with Crippen LogP contribution in [-0.2, 0) is 4.79 Å². The number of anilines is 1. The Bertz CT molecular complexity index is 1430. The van der Waals surface area contributed by atoms with Crippen molar-refractivity contribution in [2.45, 2.75) is 0 Å². The van der Waals surface area contributed by atoms with E-state index in [0.29, 0.717) is 45.5 Å². The number of tetrazole rings is 1. The molecule has 0 fully saturated rings. The number of methoxy groups -OCH3 is 2. The van der Waals surface area contributed by atoms with E-state index in [2.05, 4.69) is 25.9 Å². The molecule has 174 valence electrons. The number of aromatic amines is 1. The zero-order chi connectivity index (χ0) is 24.4. The predicted octanol–water partition coefficient (Wildman–Crippen LogP) is 3.60. The van der Waals surface area contributed by atoms with Gasteiger partial charge in [0.2, 0.25) is 5.82 Å². The highest BCUT2D eigenvalue weighted by molar-refractivity contribution is 6.35. The minimum absolute atomic E-state index is 0.227. The maximum absolute atomic E-state index is 12.6. The lowest BCUT2D eigenvalue weighted by Crippen LogP contribution is -2.08. The maximum atomic E-state index is 12.6. The molecule has 1 aliphatic heterocycles. The second-order valence-corrected chi connectivity index (χ2v) is 7.54. The molecule has 10 heteroatoms. The van der Waals surface area contributed by atoms with Gasteiger partial charge in [-0.1, -0.05) is 24.3 Å². The molecular formula is C25H19N5O5. The van der Waals surface area contributed by atoms with E-state index < -0.39 is 5.97 Å². The summed E-state index contributed by atoms with van der Waals surface area (Å²) in [5, 5.41) is 16.5. The van der Waals surface area contributed by atoms with Crippen LogP contribution in [0.25, 0.3) is 23.0 Å². The second-order valence-electron chi connectivity index (χ2n) is 7.54. The third-order valence-corrected chi connectivity index (χ3v) is 5.43. The van der Waals surface area contributed by atoms with E-state index in [1.807, 2.05) is 0 Å². The van der Waals surface area contributed by atoms with Crippen molar-refractivity contribution in [3.8, 4) is 28.6 Å². The summed E-state index contributed by atoms with van der Waals surface area (Å²) < 4.78 is 16.1. The highest BCUT2D eigenvalue weighted by Gasteiger charge is 2.26. The summed E-state index contributed by atoms with van der Waals surface area (Å²) in [6.07, 6.45) is 1.76. The fourth-order valence-electron chi connectivity index (χ4n) is 3.66. The Morgan fingerprint density at radius 3 is 2.31 bits per heavy atom. The maximum Gasteiger partial charge on any atom is 0.343 e. The van der Waals surface area contributed by atoms with Gasteiger partial charge in [-0.2, -0.15) is 5.21 Å². The summed E-state index contributed by atoms with van der Waals surface area (Å²) in [4.78, 5) is 25.1. The molecule has 3 aromatic carbocycles. The number of ether oxygens (including phenoxy) is 3. The lowest BCUT2D eigenvalue weighted by Gasteiger charge is -2.09. The Morgan fingerprint density at radius 2 is 1.66 bits per heavy atom. The third kappa shape index (κ3) is 4.32. The van der Waals surface area contributed by atoms with Crippen molar-refractivity contribution < 1.29 is 23.8 Å². The normalized spacial score (nSPS) is 13.3. The van der Waals surface area contributed by atoms with Gasteiger partial charge >= 0.3 is 5.97 Å². The van der Waals surface area contributed by atoms with Crippen molar-refractivity contribution in [2.75, 3.05) is 19.5 Å². The number of nitrogens with zero attached hydrogens (tertiary/aromatic N) is 3. The molecule has 0 saturated heterocycles. The second kappa shape index (κ2) is 9.10. The molecule has 0 atom stereocenters. The molecule has 0 spiro atoms. The largest absolute Gasteiger partial charge is 0.493 e. The quantitative estimate of drug-likeness (QED) is 0.249. The lowest BCUT2D eigenvalue weighted by molar-refractivity contribution is -0.110.